The van der Waals surface area contributed by atoms with Crippen molar-refractivity contribution in [3.63, 3.8) is 0 Å². The lowest BCUT2D eigenvalue weighted by molar-refractivity contribution is 0.642. The second-order valence-electron chi connectivity index (χ2n) is 4.34. The Hall–Kier alpha value is -1.87. The Morgan fingerprint density at radius 2 is 2.37 bits per heavy atom. The van der Waals surface area contributed by atoms with Gasteiger partial charge >= 0.3 is 5.69 Å². The first kappa shape index (κ1) is 12.2. The van der Waals surface area contributed by atoms with Crippen molar-refractivity contribution in [2.45, 2.75) is 36.0 Å². The van der Waals surface area contributed by atoms with Crippen LogP contribution >= 0.6 is 11.8 Å². The van der Waals surface area contributed by atoms with Crippen molar-refractivity contribution in [3.8, 4) is 0 Å². The van der Waals surface area contributed by atoms with E-state index in [0.29, 0.717) is 11.1 Å². The van der Waals surface area contributed by atoms with Gasteiger partial charge in [-0.3, -0.25) is 9.99 Å². The van der Waals surface area contributed by atoms with E-state index in [1.54, 1.807) is 10.8 Å². The van der Waals surface area contributed by atoms with E-state index in [-0.39, 0.29) is 11.7 Å². The van der Waals surface area contributed by atoms with E-state index >= 15 is 0 Å². The predicted molar refractivity (Wildman–Crippen MR) is 69.8 cm³/mol. The Balaban J connectivity index is 1.95. The van der Waals surface area contributed by atoms with Gasteiger partial charge in [-0.15, -0.1) is 5.10 Å². The van der Waals surface area contributed by atoms with Crippen molar-refractivity contribution in [1.29, 1.82) is 0 Å². The number of aromatic amines is 1. The lowest BCUT2D eigenvalue weighted by atomic mass is 10.4. The number of hydrogen-bond acceptors (Lipinski definition) is 7. The highest BCUT2D eigenvalue weighted by Gasteiger charge is 2.29. The molecule has 0 amide bonds. The molecule has 0 saturated heterocycles. The summed E-state index contributed by atoms with van der Waals surface area (Å²) in [5, 5.41) is 7.87. The van der Waals surface area contributed by atoms with Crippen LogP contribution in [0.1, 0.15) is 24.4 Å². The molecule has 1 fully saturated rings. The zero-order chi connectivity index (χ0) is 13.4. The summed E-state index contributed by atoms with van der Waals surface area (Å²) in [5.74, 6) is 5.63. The number of nitrogen functional groups attached to an aromatic ring is 1. The van der Waals surface area contributed by atoms with Crippen LogP contribution in [0.25, 0.3) is 0 Å². The Morgan fingerprint density at radius 3 is 3.05 bits per heavy atom. The third-order valence-corrected chi connectivity index (χ3v) is 3.90. The molecule has 0 bridgehead atoms. The summed E-state index contributed by atoms with van der Waals surface area (Å²) in [6.45, 7) is 1.90. The molecule has 9 heteroatoms. The minimum atomic E-state index is -0.172. The smallest absolute Gasteiger partial charge is 0.292 e. The average molecular weight is 279 g/mol. The summed E-state index contributed by atoms with van der Waals surface area (Å²) in [5.41, 5.74) is 3.14. The van der Waals surface area contributed by atoms with Gasteiger partial charge in [0.25, 0.3) is 0 Å². The number of hydrazine groups is 1. The maximum atomic E-state index is 11.7. The fourth-order valence-electron chi connectivity index (χ4n) is 1.70. The maximum Gasteiger partial charge on any atom is 0.344 e. The fourth-order valence-corrected chi connectivity index (χ4v) is 2.64. The van der Waals surface area contributed by atoms with Crippen molar-refractivity contribution < 1.29 is 0 Å². The molecule has 3 rings (SSSR count). The van der Waals surface area contributed by atoms with E-state index in [9.17, 15) is 4.79 Å². The summed E-state index contributed by atoms with van der Waals surface area (Å²) in [6, 6.07) is 0.267. The van der Waals surface area contributed by atoms with Crippen LogP contribution in [-0.4, -0.2) is 24.7 Å². The fraction of sp³-hybridized carbons (Fsp3) is 0.400. The molecule has 8 nitrogen and oxygen atoms in total. The molecule has 2 aromatic rings. The van der Waals surface area contributed by atoms with E-state index < -0.39 is 0 Å². The van der Waals surface area contributed by atoms with E-state index in [2.05, 4.69) is 25.6 Å². The third-order valence-electron chi connectivity index (χ3n) is 2.83. The van der Waals surface area contributed by atoms with E-state index in [0.717, 1.165) is 23.4 Å². The first-order chi connectivity index (χ1) is 9.19. The number of aryl methyl sites for hydroxylation is 1. The van der Waals surface area contributed by atoms with Gasteiger partial charge in [-0.2, -0.15) is 0 Å². The van der Waals surface area contributed by atoms with Gasteiger partial charge in [-0.05, 0) is 31.5 Å². The van der Waals surface area contributed by atoms with Gasteiger partial charge in [-0.25, -0.2) is 25.7 Å². The van der Waals surface area contributed by atoms with E-state index in [1.807, 2.05) is 6.92 Å². The molecular formula is C10H13N7OS. The molecule has 2 heterocycles. The van der Waals surface area contributed by atoms with Crippen molar-refractivity contribution in [1.82, 2.24) is 24.7 Å². The highest BCUT2D eigenvalue weighted by atomic mass is 32.2. The average Bonchev–Trinajstić information content (AvgIpc) is 3.17. The molecule has 19 heavy (non-hydrogen) atoms. The molecule has 0 aromatic carbocycles. The zero-order valence-electron chi connectivity index (χ0n) is 10.3. The summed E-state index contributed by atoms with van der Waals surface area (Å²) >= 11 is 1.33. The monoisotopic (exact) mass is 279 g/mol. The summed E-state index contributed by atoms with van der Waals surface area (Å²) < 4.78 is 1.68. The maximum absolute atomic E-state index is 11.7. The highest BCUT2D eigenvalue weighted by Crippen LogP contribution is 2.37. The normalized spacial score (nSPS) is 14.6. The molecule has 0 radical (unpaired) electrons. The van der Waals surface area contributed by atoms with Crippen molar-refractivity contribution >= 4 is 17.7 Å². The second kappa shape index (κ2) is 4.67. The van der Waals surface area contributed by atoms with Gasteiger partial charge in [-0.1, -0.05) is 0 Å². The van der Waals surface area contributed by atoms with Gasteiger partial charge in [0, 0.05) is 17.8 Å². The standard InChI is InChI=1S/C10H13N7OS/c1-5-4-12-8(14-11)13-7(5)19-10-16-15-9(18)17(10)6-2-3-6/h4,6H,2-3,11H2,1H3,(H,15,18)(H,12,13,14). The molecule has 1 aliphatic carbocycles. The first-order valence-electron chi connectivity index (χ1n) is 5.84. The largest absolute Gasteiger partial charge is 0.344 e. The van der Waals surface area contributed by atoms with Crippen molar-refractivity contribution in [2.75, 3.05) is 5.43 Å². The van der Waals surface area contributed by atoms with Crippen LogP contribution in [0.5, 0.6) is 0 Å². The van der Waals surface area contributed by atoms with Crippen LogP contribution in [0, 0.1) is 6.92 Å². The Bertz CT molecular complexity index is 660. The number of hydrogen-bond donors (Lipinski definition) is 3. The van der Waals surface area contributed by atoms with Gasteiger partial charge in [0.15, 0.2) is 5.16 Å². The number of nitrogens with one attached hydrogen (secondary N) is 2. The molecular weight excluding hydrogens is 266 g/mol. The molecule has 1 saturated carbocycles. The van der Waals surface area contributed by atoms with Crippen molar-refractivity contribution in [2.24, 2.45) is 5.84 Å². The lowest BCUT2D eigenvalue weighted by Crippen LogP contribution is -2.16. The number of nitrogens with two attached hydrogens (primary N) is 1. The summed E-state index contributed by atoms with van der Waals surface area (Å²) in [7, 11) is 0. The molecule has 0 unspecified atom stereocenters. The molecule has 1 aliphatic rings. The molecule has 4 N–H and O–H groups in total. The van der Waals surface area contributed by atoms with Crippen LogP contribution in [-0.2, 0) is 0 Å². The second-order valence-corrected chi connectivity index (χ2v) is 5.30. The minimum absolute atomic E-state index is 0.172. The number of rotatable bonds is 4. The van der Waals surface area contributed by atoms with Crippen LogP contribution in [0.4, 0.5) is 5.95 Å². The van der Waals surface area contributed by atoms with Gasteiger partial charge in [0.2, 0.25) is 5.95 Å². The zero-order valence-corrected chi connectivity index (χ0v) is 11.1. The number of nitrogens with zero attached hydrogens (tertiary/aromatic N) is 4. The quantitative estimate of drug-likeness (QED) is 0.422. The first-order valence-corrected chi connectivity index (χ1v) is 6.65. The number of aromatic nitrogens is 5. The van der Waals surface area contributed by atoms with Crippen LogP contribution in [0.2, 0.25) is 0 Å². The minimum Gasteiger partial charge on any atom is -0.292 e. The molecule has 0 spiro atoms. The van der Waals surface area contributed by atoms with E-state index in [1.165, 1.54) is 11.8 Å². The number of anilines is 1. The van der Waals surface area contributed by atoms with Gasteiger partial charge in [0.1, 0.15) is 5.03 Å². The van der Waals surface area contributed by atoms with Crippen LogP contribution < -0.4 is 17.0 Å². The van der Waals surface area contributed by atoms with E-state index in [4.69, 9.17) is 5.84 Å². The van der Waals surface area contributed by atoms with Crippen molar-refractivity contribution in [3.05, 3.63) is 22.2 Å². The number of H-pyrrole nitrogens is 1. The molecule has 100 valence electrons. The molecule has 0 aliphatic heterocycles. The predicted octanol–water partition coefficient (Wildman–Crippen LogP) is 0.442. The van der Waals surface area contributed by atoms with Gasteiger partial charge in [0.05, 0.1) is 0 Å². The lowest BCUT2D eigenvalue weighted by Gasteiger charge is -2.06. The molecule has 2 aromatic heterocycles. The van der Waals surface area contributed by atoms with Crippen LogP contribution in [0.3, 0.4) is 0 Å². The highest BCUT2D eigenvalue weighted by molar-refractivity contribution is 7.99. The molecule has 0 atom stereocenters. The topological polar surface area (TPSA) is 115 Å². The summed E-state index contributed by atoms with van der Waals surface area (Å²) in [6.07, 6.45) is 3.72. The van der Waals surface area contributed by atoms with Crippen LogP contribution in [0.15, 0.2) is 21.2 Å². The Labute approximate surface area is 112 Å². The SMILES string of the molecule is Cc1cnc(NN)nc1Sc1n[nH]c(=O)n1C1CC1. The third kappa shape index (κ3) is 2.34. The summed E-state index contributed by atoms with van der Waals surface area (Å²) in [4.78, 5) is 20.0. The Morgan fingerprint density at radius 1 is 1.58 bits per heavy atom. The van der Waals surface area contributed by atoms with Gasteiger partial charge < -0.3 is 0 Å². The Kier molecular flexibility index (Phi) is 2.99.